The van der Waals surface area contributed by atoms with Crippen LogP contribution in [0.2, 0.25) is 19.6 Å². The number of nitro benzene ring substituents is 1. The van der Waals surface area contributed by atoms with Crippen LogP contribution in [0.4, 0.5) is 15.6 Å². The number of thioether (sulfide) groups is 1. The molecule has 2 heterocycles. The summed E-state index contributed by atoms with van der Waals surface area (Å²) in [6.07, 6.45) is -0.497. The normalized spacial score (nSPS) is 16.3. The largest absolute Gasteiger partial charge is 0.465 e. The van der Waals surface area contributed by atoms with Gasteiger partial charge in [0.05, 0.1) is 31.0 Å². The number of thiazole rings is 1. The molecule has 4 aromatic carbocycles. The van der Waals surface area contributed by atoms with Crippen molar-refractivity contribution in [2.45, 2.75) is 74.7 Å². The van der Waals surface area contributed by atoms with Crippen molar-refractivity contribution in [1.82, 2.24) is 20.5 Å². The van der Waals surface area contributed by atoms with Crippen molar-refractivity contribution in [2.75, 3.05) is 17.6 Å². The first-order chi connectivity index (χ1) is 31.0. The molecule has 1 fully saturated rings. The van der Waals surface area contributed by atoms with Gasteiger partial charge in [0.15, 0.2) is 5.13 Å². The summed E-state index contributed by atoms with van der Waals surface area (Å²) in [4.78, 5) is 74.3. The van der Waals surface area contributed by atoms with Crippen molar-refractivity contribution >= 4 is 72.1 Å². The van der Waals surface area contributed by atoms with Gasteiger partial charge in [-0.3, -0.25) is 19.7 Å². The lowest BCUT2D eigenvalue weighted by atomic mass is 9.77. The van der Waals surface area contributed by atoms with Crippen molar-refractivity contribution < 1.29 is 38.8 Å². The molecule has 1 aliphatic rings. The minimum absolute atomic E-state index is 0.0100. The Hall–Kier alpha value is -6.57. The molecule has 0 spiro atoms. The molecule has 340 valence electrons. The number of nitrogens with zero attached hydrogens (tertiary/aromatic N) is 4. The first-order valence-electron chi connectivity index (χ1n) is 20.7. The number of oxime groups is 1. The summed E-state index contributed by atoms with van der Waals surface area (Å²) in [5.74, 6) is -1.72. The molecule has 6 rings (SSSR count). The summed E-state index contributed by atoms with van der Waals surface area (Å²) in [6, 6.07) is 35.1. The highest BCUT2D eigenvalue weighted by atomic mass is 32.2. The first kappa shape index (κ1) is 47.9. The van der Waals surface area contributed by atoms with Gasteiger partial charge in [-0.25, -0.2) is 14.6 Å². The number of benzene rings is 4. The number of hydrogen-bond acceptors (Lipinski definition) is 13. The molecule has 0 radical (unpaired) electrons. The number of esters is 1. The van der Waals surface area contributed by atoms with Crippen LogP contribution in [-0.4, -0.2) is 93.1 Å². The Balaban J connectivity index is 1.15. The smallest absolute Gasteiger partial charge is 0.407 e. The van der Waals surface area contributed by atoms with E-state index in [1.807, 2.05) is 66.9 Å². The minimum Gasteiger partial charge on any atom is -0.465 e. The topological polar surface area (TPSA) is 215 Å². The number of aromatic nitrogens is 1. The minimum atomic E-state index is -1.96. The molecule has 0 saturated carbocycles. The fourth-order valence-corrected chi connectivity index (χ4v) is 9.30. The van der Waals surface area contributed by atoms with Crippen LogP contribution in [0.15, 0.2) is 126 Å². The SMILES string of the molecule is CC(OC(=O)C(C)(Cc1csc(NC(c2ccccc2)(c2ccccc2)c2ccccc2)n1)ON=CC(=O)N[C@@H]1C(=O)N[C@@H]1SCCN(Cc1ccccc1[N+](=O)[O-])C(=O)O)[Si](C)(C)C. The maximum atomic E-state index is 14.0. The molecule has 1 aromatic heterocycles. The van der Waals surface area contributed by atoms with E-state index in [0.29, 0.717) is 10.8 Å². The molecule has 4 atom stereocenters. The molecule has 4 N–H and O–H groups in total. The van der Waals surface area contributed by atoms with Gasteiger partial charge >= 0.3 is 12.1 Å². The number of β-lactam (4-membered cyclic amide) rings is 1. The first-order valence-corrected chi connectivity index (χ1v) is 26.2. The fraction of sp³-hybridized carbons (Fsp3) is 0.304. The highest BCUT2D eigenvalue weighted by Gasteiger charge is 2.44. The van der Waals surface area contributed by atoms with Gasteiger partial charge in [-0.1, -0.05) is 134 Å². The fourth-order valence-electron chi connectivity index (χ4n) is 6.91. The molecule has 65 heavy (non-hydrogen) atoms. The molecule has 3 amide bonds. The lowest BCUT2D eigenvalue weighted by molar-refractivity contribution is -0.385. The quantitative estimate of drug-likeness (QED) is 0.0108. The number of anilines is 1. The van der Waals surface area contributed by atoms with Gasteiger partial charge in [-0.15, -0.1) is 23.1 Å². The Labute approximate surface area is 386 Å². The second-order valence-corrected chi connectivity index (χ2v) is 24.3. The number of amides is 3. The Bertz CT molecular complexity index is 2400. The van der Waals surface area contributed by atoms with Crippen LogP contribution in [0.3, 0.4) is 0 Å². The van der Waals surface area contributed by atoms with Crippen LogP contribution in [-0.2, 0) is 42.5 Å². The third-order valence-electron chi connectivity index (χ3n) is 11.0. The van der Waals surface area contributed by atoms with Crippen molar-refractivity contribution in [3.63, 3.8) is 0 Å². The van der Waals surface area contributed by atoms with E-state index in [1.54, 1.807) is 6.07 Å². The average molecular weight is 938 g/mol. The van der Waals surface area contributed by atoms with Gasteiger partial charge in [-0.2, -0.15) is 0 Å². The molecule has 2 unspecified atom stereocenters. The molecular weight excluding hydrogens is 887 g/mol. The second-order valence-electron chi connectivity index (χ2n) is 16.6. The molecule has 1 aliphatic heterocycles. The third kappa shape index (κ3) is 11.8. The highest BCUT2D eigenvalue weighted by molar-refractivity contribution is 8.00. The van der Waals surface area contributed by atoms with Crippen molar-refractivity contribution in [2.24, 2.45) is 5.16 Å². The van der Waals surface area contributed by atoms with E-state index in [-0.39, 0.29) is 42.2 Å². The number of nitrogens with one attached hydrogen (secondary N) is 3. The number of ether oxygens (including phenoxy) is 1. The maximum absolute atomic E-state index is 14.0. The standard InChI is InChI=1S/C46H51N7O9S2Si/c1-31(65(3,4)5)61-42(56)45(2,27-36-30-64-43(48-36)51-46(33-18-9-6-10-19-33,34-20-11-7-12-21-34)35-22-13-8-14-23-35)62-47-28-38(54)49-39-40(55)50-41(39)63-26-25-52(44(57)58)29-32-17-15-16-24-37(32)53(59)60/h6-24,28,30-31,39,41H,25-27,29H2,1-5H3,(H,48,51)(H,49,54)(H,50,55)(H,57,58)/t31?,39-,41-,45?/m1/s1. The van der Waals surface area contributed by atoms with E-state index < -0.39 is 59.4 Å². The second kappa shape index (κ2) is 20.9. The third-order valence-corrected chi connectivity index (χ3v) is 15.5. The lowest BCUT2D eigenvalue weighted by Gasteiger charge is -2.36. The zero-order valence-corrected chi connectivity index (χ0v) is 39.1. The van der Waals surface area contributed by atoms with Crippen LogP contribution in [0.25, 0.3) is 0 Å². The number of para-hydroxylation sites is 1. The van der Waals surface area contributed by atoms with Crippen LogP contribution in [0.5, 0.6) is 0 Å². The number of rotatable bonds is 21. The van der Waals surface area contributed by atoms with Crippen LogP contribution in [0.1, 0.15) is 41.8 Å². The van der Waals surface area contributed by atoms with Gasteiger partial charge in [0.1, 0.15) is 23.2 Å². The van der Waals surface area contributed by atoms with E-state index >= 15 is 0 Å². The lowest BCUT2D eigenvalue weighted by Crippen LogP contribution is -2.68. The van der Waals surface area contributed by atoms with Gasteiger partial charge in [0.2, 0.25) is 11.5 Å². The molecule has 16 nitrogen and oxygen atoms in total. The Kier molecular flexibility index (Phi) is 15.4. The predicted molar refractivity (Wildman–Crippen MR) is 253 cm³/mol. The summed E-state index contributed by atoms with van der Waals surface area (Å²) >= 11 is 2.56. The van der Waals surface area contributed by atoms with Crippen LogP contribution >= 0.6 is 23.1 Å². The van der Waals surface area contributed by atoms with E-state index in [9.17, 15) is 34.4 Å². The van der Waals surface area contributed by atoms with Gasteiger partial charge in [0.25, 0.3) is 11.6 Å². The van der Waals surface area contributed by atoms with Crippen LogP contribution < -0.4 is 16.0 Å². The maximum Gasteiger partial charge on any atom is 0.407 e. The number of carbonyl (C=O) groups excluding carboxylic acids is 3. The van der Waals surface area contributed by atoms with Crippen LogP contribution in [0, 0.1) is 10.1 Å². The summed E-state index contributed by atoms with van der Waals surface area (Å²) < 4.78 is 5.97. The average Bonchev–Trinajstić information content (AvgIpc) is 3.73. The molecule has 19 heteroatoms. The molecule has 0 bridgehead atoms. The summed E-state index contributed by atoms with van der Waals surface area (Å²) in [5.41, 5.74) is 0.566. The monoisotopic (exact) mass is 937 g/mol. The summed E-state index contributed by atoms with van der Waals surface area (Å²) in [7, 11) is -1.96. The number of carbonyl (C=O) groups is 4. The van der Waals surface area contributed by atoms with E-state index in [4.69, 9.17) is 14.6 Å². The van der Waals surface area contributed by atoms with E-state index in [1.165, 1.54) is 48.2 Å². The summed E-state index contributed by atoms with van der Waals surface area (Å²) in [5, 5.41) is 36.0. The number of carboxylic acid groups (broad SMARTS) is 1. The molecule has 1 saturated heterocycles. The Morgan fingerprint density at radius 1 is 0.985 bits per heavy atom. The van der Waals surface area contributed by atoms with Gasteiger partial charge < -0.3 is 35.5 Å². The van der Waals surface area contributed by atoms with Crippen molar-refractivity contribution in [1.29, 1.82) is 0 Å². The Morgan fingerprint density at radius 3 is 2.09 bits per heavy atom. The predicted octanol–water partition coefficient (Wildman–Crippen LogP) is 7.42. The zero-order valence-electron chi connectivity index (χ0n) is 36.5. The van der Waals surface area contributed by atoms with E-state index in [0.717, 1.165) is 27.8 Å². The van der Waals surface area contributed by atoms with E-state index in [2.05, 4.69) is 77.1 Å². The van der Waals surface area contributed by atoms with Gasteiger partial charge in [-0.05, 0) is 30.5 Å². The van der Waals surface area contributed by atoms with Gasteiger partial charge in [0, 0.05) is 35.7 Å². The van der Waals surface area contributed by atoms with Crippen molar-refractivity contribution in [3.8, 4) is 0 Å². The zero-order chi connectivity index (χ0) is 46.8. The summed E-state index contributed by atoms with van der Waals surface area (Å²) in [6.45, 7) is 9.38. The van der Waals surface area contributed by atoms with Crippen molar-refractivity contribution in [3.05, 3.63) is 159 Å². The molecule has 5 aromatic rings. The number of hydrogen-bond donors (Lipinski definition) is 4. The number of nitro groups is 1. The molecular formula is C46H51N7O9S2Si. The Morgan fingerprint density at radius 2 is 1.55 bits per heavy atom. The highest BCUT2D eigenvalue weighted by Crippen LogP contribution is 2.41. The molecule has 0 aliphatic carbocycles.